The third-order valence-electron chi connectivity index (χ3n) is 2.76. The van der Waals surface area contributed by atoms with Gasteiger partial charge in [0, 0.05) is 11.6 Å². The number of hydrogen-bond donors (Lipinski definition) is 2. The van der Waals surface area contributed by atoms with E-state index in [-0.39, 0.29) is 12.4 Å². The van der Waals surface area contributed by atoms with Gasteiger partial charge in [-0.25, -0.2) is 4.39 Å². The Morgan fingerprint density at radius 3 is 2.53 bits per heavy atom. The molecular weight excluding hydrogens is 243 g/mol. The molecule has 17 heavy (non-hydrogen) atoms. The molecule has 0 heterocycles. The van der Waals surface area contributed by atoms with Gasteiger partial charge in [-0.2, -0.15) is 0 Å². The molecule has 0 saturated carbocycles. The van der Waals surface area contributed by atoms with Crippen LogP contribution in [0.1, 0.15) is 17.2 Å². The molecule has 0 aliphatic heterocycles. The molecule has 1 rings (SSSR count). The van der Waals surface area contributed by atoms with E-state index >= 15 is 0 Å². The zero-order chi connectivity index (χ0) is 13.2. The van der Waals surface area contributed by atoms with Crippen LogP contribution in [0.3, 0.4) is 0 Å². The lowest BCUT2D eigenvalue weighted by atomic mass is 9.98. The van der Waals surface area contributed by atoms with Gasteiger partial charge in [-0.05, 0) is 44.3 Å². The molecular formula is C12H18ClFN2O. The van der Waals surface area contributed by atoms with Crippen molar-refractivity contribution in [2.24, 2.45) is 5.73 Å². The van der Waals surface area contributed by atoms with Crippen molar-refractivity contribution < 1.29 is 9.50 Å². The summed E-state index contributed by atoms with van der Waals surface area (Å²) in [6.45, 7) is 1.74. The molecule has 3 N–H and O–H groups in total. The molecule has 96 valence electrons. The van der Waals surface area contributed by atoms with Crippen LogP contribution in [-0.4, -0.2) is 36.8 Å². The predicted octanol–water partition coefficient (Wildman–Crippen LogP) is 1.71. The summed E-state index contributed by atoms with van der Waals surface area (Å²) in [6.07, 6.45) is -0.787. The SMILES string of the molecule is Cc1cc(Cl)c(C(C(O)CN)N(C)C)cc1F. The molecule has 5 heteroatoms. The normalized spacial score (nSPS) is 15.1. The Balaban J connectivity index is 3.23. The number of aryl methyl sites for hydroxylation is 1. The van der Waals surface area contributed by atoms with Crippen molar-refractivity contribution in [1.29, 1.82) is 0 Å². The van der Waals surface area contributed by atoms with Crippen molar-refractivity contribution in [3.8, 4) is 0 Å². The Kier molecular flexibility index (Phi) is 4.89. The van der Waals surface area contributed by atoms with Gasteiger partial charge >= 0.3 is 0 Å². The van der Waals surface area contributed by atoms with E-state index in [1.165, 1.54) is 6.07 Å². The zero-order valence-corrected chi connectivity index (χ0v) is 11.0. The number of nitrogens with two attached hydrogens (primary N) is 1. The molecule has 1 aromatic rings. The Labute approximate surface area is 106 Å². The molecule has 0 bridgehead atoms. The van der Waals surface area contributed by atoms with Crippen LogP contribution in [0, 0.1) is 12.7 Å². The Hall–Kier alpha value is -0.680. The molecule has 2 unspecified atom stereocenters. The lowest BCUT2D eigenvalue weighted by Gasteiger charge is -2.29. The van der Waals surface area contributed by atoms with Gasteiger partial charge in [-0.3, -0.25) is 4.90 Å². The Bertz CT molecular complexity index is 398. The van der Waals surface area contributed by atoms with Crippen molar-refractivity contribution in [1.82, 2.24) is 4.90 Å². The maximum absolute atomic E-state index is 13.6. The summed E-state index contributed by atoms with van der Waals surface area (Å²) in [4.78, 5) is 1.77. The van der Waals surface area contributed by atoms with Crippen molar-refractivity contribution in [2.45, 2.75) is 19.1 Å². The zero-order valence-electron chi connectivity index (χ0n) is 10.2. The minimum atomic E-state index is -0.787. The molecule has 0 aromatic heterocycles. The second-order valence-electron chi connectivity index (χ2n) is 4.33. The van der Waals surface area contributed by atoms with Crippen LogP contribution in [0.2, 0.25) is 5.02 Å². The third-order valence-corrected chi connectivity index (χ3v) is 3.09. The van der Waals surface area contributed by atoms with E-state index in [4.69, 9.17) is 17.3 Å². The quantitative estimate of drug-likeness (QED) is 0.867. The largest absolute Gasteiger partial charge is 0.390 e. The molecule has 2 atom stereocenters. The molecule has 0 spiro atoms. The summed E-state index contributed by atoms with van der Waals surface area (Å²) >= 11 is 6.10. The highest BCUT2D eigenvalue weighted by atomic mass is 35.5. The monoisotopic (exact) mass is 260 g/mol. The second-order valence-corrected chi connectivity index (χ2v) is 4.74. The number of aliphatic hydroxyl groups excluding tert-OH is 1. The first-order valence-electron chi connectivity index (χ1n) is 5.38. The lowest BCUT2D eigenvalue weighted by molar-refractivity contribution is 0.0822. The number of rotatable bonds is 4. The van der Waals surface area contributed by atoms with Gasteiger partial charge in [-0.15, -0.1) is 0 Å². The topological polar surface area (TPSA) is 49.5 Å². The van der Waals surface area contributed by atoms with E-state index in [9.17, 15) is 9.50 Å². The number of likely N-dealkylation sites (N-methyl/N-ethyl adjacent to an activating group) is 1. The highest BCUT2D eigenvalue weighted by molar-refractivity contribution is 6.31. The summed E-state index contributed by atoms with van der Waals surface area (Å²) < 4.78 is 13.6. The Morgan fingerprint density at radius 1 is 1.47 bits per heavy atom. The van der Waals surface area contributed by atoms with E-state index in [0.717, 1.165) is 0 Å². The fourth-order valence-corrected chi connectivity index (χ4v) is 2.18. The first-order chi connectivity index (χ1) is 7.88. The average molecular weight is 261 g/mol. The second kappa shape index (κ2) is 5.78. The number of hydrogen-bond acceptors (Lipinski definition) is 3. The van der Waals surface area contributed by atoms with Gasteiger partial charge in [0.05, 0.1) is 12.1 Å². The van der Waals surface area contributed by atoms with Gasteiger partial charge < -0.3 is 10.8 Å². The number of benzene rings is 1. The molecule has 3 nitrogen and oxygen atoms in total. The lowest BCUT2D eigenvalue weighted by Crippen LogP contribution is -2.36. The molecule has 1 aromatic carbocycles. The van der Waals surface area contributed by atoms with Gasteiger partial charge in [-0.1, -0.05) is 11.6 Å². The third kappa shape index (κ3) is 3.16. The highest BCUT2D eigenvalue weighted by Crippen LogP contribution is 2.30. The molecule has 0 saturated heterocycles. The molecule has 0 radical (unpaired) electrons. The maximum atomic E-state index is 13.6. The fraction of sp³-hybridized carbons (Fsp3) is 0.500. The molecule has 0 amide bonds. The summed E-state index contributed by atoms with van der Waals surface area (Å²) in [5.41, 5.74) is 6.49. The summed E-state index contributed by atoms with van der Waals surface area (Å²) in [6, 6.07) is 2.51. The minimum Gasteiger partial charge on any atom is -0.390 e. The predicted molar refractivity (Wildman–Crippen MR) is 67.6 cm³/mol. The van der Waals surface area contributed by atoms with Crippen LogP contribution in [0.4, 0.5) is 4.39 Å². The smallest absolute Gasteiger partial charge is 0.126 e. The van der Waals surface area contributed by atoms with E-state index in [0.29, 0.717) is 16.1 Å². The number of nitrogens with zero attached hydrogens (tertiary/aromatic N) is 1. The molecule has 0 fully saturated rings. The average Bonchev–Trinajstić information content (AvgIpc) is 2.25. The summed E-state index contributed by atoms with van der Waals surface area (Å²) in [5, 5.41) is 10.3. The van der Waals surface area contributed by atoms with Gasteiger partial charge in [0.25, 0.3) is 0 Å². The first kappa shape index (κ1) is 14.4. The van der Waals surface area contributed by atoms with Crippen LogP contribution in [0.15, 0.2) is 12.1 Å². The van der Waals surface area contributed by atoms with Crippen LogP contribution in [0.5, 0.6) is 0 Å². The van der Waals surface area contributed by atoms with Crippen LogP contribution >= 0.6 is 11.6 Å². The van der Waals surface area contributed by atoms with Crippen molar-refractivity contribution in [2.75, 3.05) is 20.6 Å². The first-order valence-corrected chi connectivity index (χ1v) is 5.76. The summed E-state index contributed by atoms with van der Waals surface area (Å²) in [5.74, 6) is -0.333. The molecule has 0 aliphatic rings. The summed E-state index contributed by atoms with van der Waals surface area (Å²) in [7, 11) is 3.58. The van der Waals surface area contributed by atoms with E-state index in [1.54, 1.807) is 32.0 Å². The highest BCUT2D eigenvalue weighted by Gasteiger charge is 2.25. The standard InChI is InChI=1S/C12H18ClFN2O/c1-7-4-9(13)8(5-10(7)14)12(16(2)3)11(17)6-15/h4-5,11-12,17H,6,15H2,1-3H3. The van der Waals surface area contributed by atoms with Crippen LogP contribution in [-0.2, 0) is 0 Å². The van der Waals surface area contributed by atoms with Gasteiger partial charge in [0.15, 0.2) is 0 Å². The number of halogens is 2. The number of aliphatic hydroxyl groups is 1. The van der Waals surface area contributed by atoms with Gasteiger partial charge in [0.2, 0.25) is 0 Å². The van der Waals surface area contributed by atoms with Crippen molar-refractivity contribution in [3.05, 3.63) is 34.1 Å². The Morgan fingerprint density at radius 2 is 2.06 bits per heavy atom. The van der Waals surface area contributed by atoms with Crippen LogP contribution < -0.4 is 5.73 Å². The van der Waals surface area contributed by atoms with Crippen molar-refractivity contribution >= 4 is 11.6 Å². The fourth-order valence-electron chi connectivity index (χ4n) is 1.85. The van der Waals surface area contributed by atoms with E-state index in [1.807, 2.05) is 0 Å². The maximum Gasteiger partial charge on any atom is 0.126 e. The van der Waals surface area contributed by atoms with Crippen LogP contribution in [0.25, 0.3) is 0 Å². The van der Waals surface area contributed by atoms with E-state index in [2.05, 4.69) is 0 Å². The molecule has 0 aliphatic carbocycles. The van der Waals surface area contributed by atoms with E-state index < -0.39 is 12.1 Å². The van der Waals surface area contributed by atoms with Crippen molar-refractivity contribution in [3.63, 3.8) is 0 Å². The van der Waals surface area contributed by atoms with Gasteiger partial charge in [0.1, 0.15) is 5.82 Å². The minimum absolute atomic E-state index is 0.0919.